The van der Waals surface area contributed by atoms with E-state index in [0.29, 0.717) is 12.4 Å². The van der Waals surface area contributed by atoms with Gasteiger partial charge >= 0.3 is 5.97 Å². The lowest BCUT2D eigenvalue weighted by atomic mass is 10.1. The van der Waals surface area contributed by atoms with Gasteiger partial charge in [0.2, 0.25) is 0 Å². The Balaban J connectivity index is 2.15. The van der Waals surface area contributed by atoms with Crippen LogP contribution in [0.5, 0.6) is 11.5 Å². The van der Waals surface area contributed by atoms with Gasteiger partial charge in [-0.05, 0) is 18.6 Å². The number of carboxylic acid groups (broad SMARTS) is 1. The number of carboxylic acids is 1. The smallest absolute Gasteiger partial charge is 0.321 e. The summed E-state index contributed by atoms with van der Waals surface area (Å²) in [5.74, 6) is 1.24. The topological polar surface area (TPSA) is 67.8 Å². The molecule has 0 spiro atoms. The van der Waals surface area contributed by atoms with Crippen LogP contribution in [0.25, 0.3) is 0 Å². The van der Waals surface area contributed by atoms with Crippen molar-refractivity contribution >= 4 is 17.7 Å². The first-order chi connectivity index (χ1) is 10.2. The van der Waals surface area contributed by atoms with Crippen molar-refractivity contribution in [1.29, 1.82) is 0 Å². The zero-order valence-electron chi connectivity index (χ0n) is 12.3. The third-order valence-corrected chi connectivity index (χ3v) is 4.59. The minimum Gasteiger partial charge on any atom is -0.497 e. The summed E-state index contributed by atoms with van der Waals surface area (Å²) in [4.78, 5) is 11.0. The van der Waals surface area contributed by atoms with Gasteiger partial charge in [-0.2, -0.15) is 0 Å². The minimum atomic E-state index is -0.813. The van der Waals surface area contributed by atoms with Gasteiger partial charge in [0.05, 0.1) is 19.1 Å². The van der Waals surface area contributed by atoms with Crippen LogP contribution < -0.4 is 14.8 Å². The molecule has 1 aliphatic rings. The zero-order valence-corrected chi connectivity index (χ0v) is 13.1. The lowest BCUT2D eigenvalue weighted by molar-refractivity contribution is -0.138. The molecule has 116 valence electrons. The molecule has 1 saturated heterocycles. The second-order valence-corrected chi connectivity index (χ2v) is 6.01. The molecule has 1 aromatic carbocycles. The largest absolute Gasteiger partial charge is 0.497 e. The maximum absolute atomic E-state index is 11.0. The Morgan fingerprint density at radius 3 is 2.95 bits per heavy atom. The number of hydrogen-bond acceptors (Lipinski definition) is 5. The molecule has 1 aliphatic heterocycles. The van der Waals surface area contributed by atoms with Crippen LogP contribution in [0.1, 0.15) is 30.7 Å². The van der Waals surface area contributed by atoms with Gasteiger partial charge in [-0.1, -0.05) is 13.3 Å². The number of aliphatic carboxylic acids is 1. The van der Waals surface area contributed by atoms with E-state index in [4.69, 9.17) is 14.6 Å². The number of benzene rings is 1. The molecule has 1 aromatic rings. The number of hydrogen-bond donors (Lipinski definition) is 2. The first-order valence-electron chi connectivity index (χ1n) is 7.07. The van der Waals surface area contributed by atoms with Crippen LogP contribution in [0.4, 0.5) is 0 Å². The Morgan fingerprint density at radius 2 is 2.33 bits per heavy atom. The van der Waals surface area contributed by atoms with Crippen LogP contribution in [-0.4, -0.2) is 36.6 Å². The summed E-state index contributed by atoms with van der Waals surface area (Å²) >= 11 is 1.59. The summed E-state index contributed by atoms with van der Waals surface area (Å²) in [6.45, 7) is 2.76. The monoisotopic (exact) mass is 311 g/mol. The van der Waals surface area contributed by atoms with E-state index in [1.807, 2.05) is 18.2 Å². The van der Waals surface area contributed by atoms with Crippen LogP contribution in [-0.2, 0) is 4.79 Å². The molecule has 2 atom stereocenters. The fourth-order valence-corrected chi connectivity index (χ4v) is 3.36. The normalized spacial score (nSPS) is 21.2. The molecule has 1 heterocycles. The Morgan fingerprint density at radius 1 is 1.52 bits per heavy atom. The van der Waals surface area contributed by atoms with Crippen molar-refractivity contribution in [3.8, 4) is 11.5 Å². The number of carbonyl (C=O) groups is 1. The highest BCUT2D eigenvalue weighted by Gasteiger charge is 2.32. The van der Waals surface area contributed by atoms with Crippen molar-refractivity contribution in [3.63, 3.8) is 0 Å². The van der Waals surface area contributed by atoms with E-state index >= 15 is 0 Å². The Hall–Kier alpha value is -1.40. The molecule has 2 N–H and O–H groups in total. The molecule has 2 rings (SSSR count). The van der Waals surface area contributed by atoms with Gasteiger partial charge in [0.25, 0.3) is 0 Å². The Kier molecular flexibility index (Phi) is 5.76. The standard InChI is InChI=1S/C15H21NO4S/c1-3-4-7-20-13-8-10(19-2)5-6-11(13)14-16-12(9-21-14)15(17)18/h5-6,8,12,14,16H,3-4,7,9H2,1-2H3,(H,17,18). The van der Waals surface area contributed by atoms with Crippen LogP contribution in [0.3, 0.4) is 0 Å². The number of ether oxygens (including phenoxy) is 2. The highest BCUT2D eigenvalue weighted by atomic mass is 32.2. The molecule has 0 amide bonds. The van der Waals surface area contributed by atoms with Crippen molar-refractivity contribution in [1.82, 2.24) is 5.32 Å². The summed E-state index contributed by atoms with van der Waals surface area (Å²) in [5.41, 5.74) is 0.973. The van der Waals surface area contributed by atoms with Crippen molar-refractivity contribution in [2.24, 2.45) is 0 Å². The lowest BCUT2D eigenvalue weighted by Gasteiger charge is -2.17. The average molecular weight is 311 g/mol. The maximum Gasteiger partial charge on any atom is 0.321 e. The third-order valence-electron chi connectivity index (χ3n) is 3.34. The number of methoxy groups -OCH3 is 1. The van der Waals surface area contributed by atoms with E-state index in [1.165, 1.54) is 0 Å². The average Bonchev–Trinajstić information content (AvgIpc) is 2.97. The predicted molar refractivity (Wildman–Crippen MR) is 83.2 cm³/mol. The Labute approximate surface area is 129 Å². The van der Waals surface area contributed by atoms with Gasteiger partial charge in [-0.15, -0.1) is 11.8 Å². The predicted octanol–water partition coefficient (Wildman–Crippen LogP) is 2.66. The van der Waals surface area contributed by atoms with Crippen molar-refractivity contribution < 1.29 is 19.4 Å². The maximum atomic E-state index is 11.0. The van der Waals surface area contributed by atoms with Crippen molar-refractivity contribution in [2.45, 2.75) is 31.2 Å². The van der Waals surface area contributed by atoms with Crippen LogP contribution >= 0.6 is 11.8 Å². The molecular formula is C15H21NO4S. The van der Waals surface area contributed by atoms with Gasteiger partial charge in [0, 0.05) is 17.4 Å². The molecule has 0 saturated carbocycles. The number of nitrogens with one attached hydrogen (secondary N) is 1. The van der Waals surface area contributed by atoms with Crippen LogP contribution in [0.15, 0.2) is 18.2 Å². The van der Waals surface area contributed by atoms with E-state index < -0.39 is 12.0 Å². The summed E-state index contributed by atoms with van der Waals surface area (Å²) < 4.78 is 11.1. The van der Waals surface area contributed by atoms with Crippen molar-refractivity contribution in [3.05, 3.63) is 23.8 Å². The van der Waals surface area contributed by atoms with E-state index in [0.717, 1.165) is 29.9 Å². The summed E-state index contributed by atoms with van der Waals surface area (Å²) in [7, 11) is 1.62. The number of rotatable bonds is 7. The fourth-order valence-electron chi connectivity index (χ4n) is 2.10. The number of thioether (sulfide) groups is 1. The van der Waals surface area contributed by atoms with Crippen molar-refractivity contribution in [2.75, 3.05) is 19.5 Å². The number of unbranched alkanes of at least 4 members (excludes halogenated alkanes) is 1. The molecule has 0 aliphatic carbocycles. The van der Waals surface area contributed by atoms with E-state index in [-0.39, 0.29) is 5.37 Å². The zero-order chi connectivity index (χ0) is 15.2. The molecule has 1 fully saturated rings. The first kappa shape index (κ1) is 16.0. The minimum absolute atomic E-state index is 0.0615. The summed E-state index contributed by atoms with van der Waals surface area (Å²) in [6.07, 6.45) is 2.05. The molecule has 6 heteroatoms. The van der Waals surface area contributed by atoms with Gasteiger partial charge in [-0.25, -0.2) is 0 Å². The van der Waals surface area contributed by atoms with Gasteiger partial charge < -0.3 is 14.6 Å². The van der Waals surface area contributed by atoms with E-state index in [9.17, 15) is 4.79 Å². The summed E-state index contributed by atoms with van der Waals surface area (Å²) in [6, 6.07) is 5.17. The van der Waals surface area contributed by atoms with Crippen LogP contribution in [0.2, 0.25) is 0 Å². The van der Waals surface area contributed by atoms with Gasteiger partial charge in [0.15, 0.2) is 0 Å². The second-order valence-electron chi connectivity index (χ2n) is 4.88. The van der Waals surface area contributed by atoms with E-state index in [2.05, 4.69) is 12.2 Å². The summed E-state index contributed by atoms with van der Waals surface area (Å²) in [5, 5.41) is 12.1. The molecule has 5 nitrogen and oxygen atoms in total. The third kappa shape index (κ3) is 4.04. The SMILES string of the molecule is CCCCOc1cc(OC)ccc1C1NC(C(=O)O)CS1. The highest BCUT2D eigenvalue weighted by Crippen LogP contribution is 2.39. The lowest BCUT2D eigenvalue weighted by Crippen LogP contribution is -2.33. The van der Waals surface area contributed by atoms with Gasteiger partial charge in [-0.3, -0.25) is 10.1 Å². The molecule has 0 radical (unpaired) electrons. The molecule has 2 unspecified atom stereocenters. The second kappa shape index (κ2) is 7.56. The van der Waals surface area contributed by atoms with Crippen LogP contribution in [0, 0.1) is 0 Å². The molecule has 0 aromatic heterocycles. The molecule has 21 heavy (non-hydrogen) atoms. The fraction of sp³-hybridized carbons (Fsp3) is 0.533. The molecule has 0 bridgehead atoms. The highest BCUT2D eigenvalue weighted by molar-refractivity contribution is 7.99. The first-order valence-corrected chi connectivity index (χ1v) is 8.11. The van der Waals surface area contributed by atoms with Gasteiger partial charge in [0.1, 0.15) is 17.5 Å². The quantitative estimate of drug-likeness (QED) is 0.755. The van der Waals surface area contributed by atoms with E-state index in [1.54, 1.807) is 18.9 Å². The Bertz CT molecular complexity index is 495. The molecular weight excluding hydrogens is 290 g/mol.